The minimum absolute atomic E-state index is 0.790. The largest absolute Gasteiger partial charge is 0.298 e. The predicted octanol–water partition coefficient (Wildman–Crippen LogP) is 2.08. The Hall–Kier alpha value is -1.70. The van der Waals surface area contributed by atoms with Crippen LogP contribution in [-0.2, 0) is 11.2 Å². The number of pyridine rings is 1. The van der Waals surface area contributed by atoms with Crippen molar-refractivity contribution in [2.75, 3.05) is 0 Å². The minimum Gasteiger partial charge on any atom is -0.298 e. The summed E-state index contributed by atoms with van der Waals surface area (Å²) in [7, 11) is 0. The SMILES string of the molecule is O=CC1=CC=C(Cc2cccnc2)C1. The number of rotatable bonds is 3. The first kappa shape index (κ1) is 8.88. The Balaban J connectivity index is 1.99. The molecule has 1 aromatic heterocycles. The van der Waals surface area contributed by atoms with E-state index in [1.165, 1.54) is 11.1 Å². The van der Waals surface area contributed by atoms with Crippen molar-refractivity contribution in [3.05, 3.63) is 53.4 Å². The summed E-state index contributed by atoms with van der Waals surface area (Å²) >= 11 is 0. The van der Waals surface area contributed by atoms with E-state index in [1.807, 2.05) is 30.5 Å². The van der Waals surface area contributed by atoms with Crippen molar-refractivity contribution in [2.45, 2.75) is 12.8 Å². The van der Waals surface area contributed by atoms with E-state index < -0.39 is 0 Å². The molecular weight excluding hydrogens is 174 g/mol. The summed E-state index contributed by atoms with van der Waals surface area (Å²) in [5.74, 6) is 0. The lowest BCUT2D eigenvalue weighted by molar-refractivity contribution is -0.104. The van der Waals surface area contributed by atoms with Gasteiger partial charge in [-0.05, 0) is 30.0 Å². The molecule has 14 heavy (non-hydrogen) atoms. The second-order valence-electron chi connectivity index (χ2n) is 3.40. The van der Waals surface area contributed by atoms with Gasteiger partial charge in [0.2, 0.25) is 0 Å². The van der Waals surface area contributed by atoms with Gasteiger partial charge in [0, 0.05) is 12.4 Å². The monoisotopic (exact) mass is 185 g/mol. The van der Waals surface area contributed by atoms with E-state index in [4.69, 9.17) is 0 Å². The number of hydrogen-bond acceptors (Lipinski definition) is 2. The molecule has 2 nitrogen and oxygen atoms in total. The highest BCUT2D eigenvalue weighted by Gasteiger charge is 2.07. The molecule has 2 rings (SSSR count). The fraction of sp³-hybridized carbons (Fsp3) is 0.167. The van der Waals surface area contributed by atoms with Gasteiger partial charge in [-0.2, -0.15) is 0 Å². The zero-order valence-electron chi connectivity index (χ0n) is 7.81. The van der Waals surface area contributed by atoms with Crippen molar-refractivity contribution in [2.24, 2.45) is 0 Å². The maximum atomic E-state index is 10.5. The van der Waals surface area contributed by atoms with E-state index in [9.17, 15) is 4.79 Å². The summed E-state index contributed by atoms with van der Waals surface area (Å²) in [5, 5.41) is 0. The van der Waals surface area contributed by atoms with Gasteiger partial charge < -0.3 is 0 Å². The van der Waals surface area contributed by atoms with Crippen molar-refractivity contribution in [1.29, 1.82) is 0 Å². The van der Waals surface area contributed by atoms with E-state index in [0.29, 0.717) is 0 Å². The average Bonchev–Trinajstić information content (AvgIpc) is 2.67. The van der Waals surface area contributed by atoms with E-state index in [-0.39, 0.29) is 0 Å². The molecule has 70 valence electrons. The van der Waals surface area contributed by atoms with Gasteiger partial charge in [0.15, 0.2) is 0 Å². The topological polar surface area (TPSA) is 30.0 Å². The van der Waals surface area contributed by atoms with Crippen LogP contribution in [0.5, 0.6) is 0 Å². The Labute approximate surface area is 83.0 Å². The van der Waals surface area contributed by atoms with E-state index in [0.717, 1.165) is 24.7 Å². The van der Waals surface area contributed by atoms with Crippen LogP contribution in [0.25, 0.3) is 0 Å². The highest BCUT2D eigenvalue weighted by molar-refractivity contribution is 5.76. The van der Waals surface area contributed by atoms with Crippen LogP contribution in [-0.4, -0.2) is 11.3 Å². The molecule has 1 aliphatic carbocycles. The van der Waals surface area contributed by atoms with Gasteiger partial charge in [-0.15, -0.1) is 0 Å². The lowest BCUT2D eigenvalue weighted by Gasteiger charge is -2.01. The number of aromatic nitrogens is 1. The van der Waals surface area contributed by atoms with Crippen LogP contribution in [0.15, 0.2) is 47.8 Å². The third-order valence-electron chi connectivity index (χ3n) is 2.27. The van der Waals surface area contributed by atoms with Gasteiger partial charge in [-0.3, -0.25) is 9.78 Å². The third kappa shape index (κ3) is 1.96. The highest BCUT2D eigenvalue weighted by Crippen LogP contribution is 2.20. The van der Waals surface area contributed by atoms with Crippen LogP contribution < -0.4 is 0 Å². The van der Waals surface area contributed by atoms with Crippen LogP contribution in [0.2, 0.25) is 0 Å². The van der Waals surface area contributed by atoms with Crippen LogP contribution >= 0.6 is 0 Å². The van der Waals surface area contributed by atoms with Crippen LogP contribution in [0.1, 0.15) is 12.0 Å². The van der Waals surface area contributed by atoms with E-state index in [2.05, 4.69) is 4.98 Å². The van der Waals surface area contributed by atoms with Gasteiger partial charge in [-0.1, -0.05) is 23.8 Å². The van der Waals surface area contributed by atoms with Crippen LogP contribution in [0, 0.1) is 0 Å². The molecule has 0 saturated carbocycles. The Morgan fingerprint density at radius 3 is 3.00 bits per heavy atom. The van der Waals surface area contributed by atoms with Crippen molar-refractivity contribution in [3.63, 3.8) is 0 Å². The van der Waals surface area contributed by atoms with E-state index >= 15 is 0 Å². The van der Waals surface area contributed by atoms with Crippen LogP contribution in [0.3, 0.4) is 0 Å². The van der Waals surface area contributed by atoms with Gasteiger partial charge in [0.1, 0.15) is 6.29 Å². The molecule has 1 aromatic rings. The molecule has 1 aliphatic rings. The van der Waals surface area contributed by atoms with Crippen molar-refractivity contribution >= 4 is 6.29 Å². The van der Waals surface area contributed by atoms with Gasteiger partial charge in [0.25, 0.3) is 0 Å². The maximum Gasteiger partial charge on any atom is 0.146 e. The summed E-state index contributed by atoms with van der Waals surface area (Å²) in [6, 6.07) is 3.98. The Kier molecular flexibility index (Phi) is 2.54. The fourth-order valence-electron chi connectivity index (χ4n) is 1.57. The summed E-state index contributed by atoms with van der Waals surface area (Å²) in [4.78, 5) is 14.5. The normalized spacial score (nSPS) is 14.9. The number of allylic oxidation sites excluding steroid dienone is 4. The second kappa shape index (κ2) is 4.01. The first-order valence-electron chi connectivity index (χ1n) is 4.61. The fourth-order valence-corrected chi connectivity index (χ4v) is 1.57. The number of carbonyl (C=O) groups excluding carboxylic acids is 1. The van der Waals surface area contributed by atoms with Crippen molar-refractivity contribution in [3.8, 4) is 0 Å². The second-order valence-corrected chi connectivity index (χ2v) is 3.40. The Morgan fingerprint density at radius 1 is 1.43 bits per heavy atom. The van der Waals surface area contributed by atoms with E-state index in [1.54, 1.807) is 6.20 Å². The first-order valence-corrected chi connectivity index (χ1v) is 4.61. The zero-order valence-corrected chi connectivity index (χ0v) is 7.81. The van der Waals surface area contributed by atoms with Gasteiger partial charge in [-0.25, -0.2) is 0 Å². The maximum absolute atomic E-state index is 10.5. The molecule has 1 heterocycles. The summed E-state index contributed by atoms with van der Waals surface area (Å²) in [5.41, 5.74) is 3.34. The van der Waals surface area contributed by atoms with Crippen LogP contribution in [0.4, 0.5) is 0 Å². The summed E-state index contributed by atoms with van der Waals surface area (Å²) in [6.45, 7) is 0. The highest BCUT2D eigenvalue weighted by atomic mass is 16.1. The first-order chi connectivity index (χ1) is 6.88. The predicted molar refractivity (Wildman–Crippen MR) is 54.8 cm³/mol. The number of aldehydes is 1. The Bertz CT molecular complexity index is 390. The molecule has 0 saturated heterocycles. The third-order valence-corrected chi connectivity index (χ3v) is 2.27. The number of nitrogens with zero attached hydrogens (tertiary/aromatic N) is 1. The molecular formula is C12H11NO. The molecule has 0 radical (unpaired) electrons. The lowest BCUT2D eigenvalue weighted by Crippen LogP contribution is -1.90. The molecule has 0 fully saturated rings. The lowest BCUT2D eigenvalue weighted by atomic mass is 10.0. The molecule has 0 atom stereocenters. The van der Waals surface area contributed by atoms with Crippen molar-refractivity contribution < 1.29 is 4.79 Å². The molecule has 0 aliphatic heterocycles. The average molecular weight is 185 g/mol. The number of carbonyl (C=O) groups is 1. The van der Waals surface area contributed by atoms with Gasteiger partial charge in [0.05, 0.1) is 0 Å². The van der Waals surface area contributed by atoms with Crippen molar-refractivity contribution in [1.82, 2.24) is 4.98 Å². The molecule has 2 heteroatoms. The molecule has 0 N–H and O–H groups in total. The van der Waals surface area contributed by atoms with Gasteiger partial charge >= 0.3 is 0 Å². The molecule has 0 unspecified atom stereocenters. The zero-order chi connectivity index (χ0) is 9.80. The number of hydrogen-bond donors (Lipinski definition) is 0. The smallest absolute Gasteiger partial charge is 0.146 e. The summed E-state index contributed by atoms with van der Waals surface area (Å²) in [6.07, 6.45) is 10.1. The minimum atomic E-state index is 0.790. The standard InChI is InChI=1S/C12H11NO/c14-9-12-4-3-10(7-12)6-11-2-1-5-13-8-11/h1-5,8-9H,6-7H2. The summed E-state index contributed by atoms with van der Waals surface area (Å²) < 4.78 is 0. The molecule has 0 bridgehead atoms. The molecule has 0 spiro atoms. The molecule has 0 amide bonds. The molecule has 0 aromatic carbocycles. The Morgan fingerprint density at radius 2 is 2.36 bits per heavy atom. The quantitative estimate of drug-likeness (QED) is 0.675.